The maximum atomic E-state index is 11.8. The highest BCUT2D eigenvalue weighted by molar-refractivity contribution is 7.14. The molecule has 5 heteroatoms. The van der Waals surface area contributed by atoms with Gasteiger partial charge in [0.2, 0.25) is 5.01 Å². The average Bonchev–Trinajstić information content (AvgIpc) is 2.84. The second-order valence-electron chi connectivity index (χ2n) is 4.70. The Morgan fingerprint density at radius 3 is 3.05 bits per heavy atom. The molecule has 2 heterocycles. The normalized spacial score (nSPS) is 13.4. The summed E-state index contributed by atoms with van der Waals surface area (Å²) in [6, 6.07) is 8.18. The van der Waals surface area contributed by atoms with E-state index in [2.05, 4.69) is 29.1 Å². The first-order chi connectivity index (χ1) is 9.70. The number of likely N-dealkylation sites (N-methyl/N-ethyl adjacent to an activating group) is 1. The van der Waals surface area contributed by atoms with Crippen molar-refractivity contribution in [2.24, 2.45) is 0 Å². The minimum atomic E-state index is -0.323. The highest BCUT2D eigenvalue weighted by Gasteiger charge is 2.23. The highest BCUT2D eigenvalue weighted by Crippen LogP contribution is 2.37. The molecule has 0 atom stereocenters. The molecule has 0 radical (unpaired) electrons. The quantitative estimate of drug-likeness (QED) is 0.797. The van der Waals surface area contributed by atoms with Gasteiger partial charge in [-0.05, 0) is 13.0 Å². The van der Waals surface area contributed by atoms with Crippen LogP contribution in [0.2, 0.25) is 0 Å². The molecular formula is C15H16N2O2S. The van der Waals surface area contributed by atoms with E-state index in [-0.39, 0.29) is 5.97 Å². The summed E-state index contributed by atoms with van der Waals surface area (Å²) in [6.07, 6.45) is 0.900. The summed E-state index contributed by atoms with van der Waals surface area (Å²) in [4.78, 5) is 19.7. The Kier molecular flexibility index (Phi) is 3.44. The predicted octanol–water partition coefficient (Wildman–Crippen LogP) is 2.98. The SMILES string of the molecule is CCOC(=O)c1nc2c(s1)CCN(C)c1ccccc1-2. The topological polar surface area (TPSA) is 42.4 Å². The molecule has 0 saturated heterocycles. The standard InChI is InChI=1S/C15H16N2O2S/c1-3-19-15(18)14-16-13-10-6-4-5-7-11(10)17(2)9-8-12(13)20-14/h4-7H,3,8-9H2,1-2H3. The molecule has 1 aromatic heterocycles. The van der Waals surface area contributed by atoms with Crippen LogP contribution in [0.15, 0.2) is 24.3 Å². The highest BCUT2D eigenvalue weighted by atomic mass is 32.1. The van der Waals surface area contributed by atoms with Crippen molar-refractivity contribution in [1.29, 1.82) is 0 Å². The van der Waals surface area contributed by atoms with Crippen molar-refractivity contribution in [3.63, 3.8) is 0 Å². The van der Waals surface area contributed by atoms with Gasteiger partial charge in [-0.1, -0.05) is 18.2 Å². The number of ether oxygens (including phenoxy) is 1. The number of fused-ring (bicyclic) bond motifs is 3. The van der Waals surface area contributed by atoms with Crippen LogP contribution in [0.5, 0.6) is 0 Å². The summed E-state index contributed by atoms with van der Waals surface area (Å²) in [7, 11) is 2.08. The zero-order valence-corrected chi connectivity index (χ0v) is 12.4. The van der Waals surface area contributed by atoms with E-state index in [0.29, 0.717) is 11.6 Å². The number of nitrogens with zero attached hydrogens (tertiary/aromatic N) is 2. The third-order valence-electron chi connectivity index (χ3n) is 3.39. The smallest absolute Gasteiger partial charge is 0.367 e. The van der Waals surface area contributed by atoms with Crippen LogP contribution >= 0.6 is 11.3 Å². The van der Waals surface area contributed by atoms with Crippen LogP contribution in [0, 0.1) is 0 Å². The second kappa shape index (κ2) is 5.25. The molecule has 20 heavy (non-hydrogen) atoms. The first kappa shape index (κ1) is 13.1. The molecular weight excluding hydrogens is 272 g/mol. The van der Waals surface area contributed by atoms with E-state index in [1.165, 1.54) is 11.3 Å². The van der Waals surface area contributed by atoms with E-state index in [0.717, 1.165) is 34.8 Å². The van der Waals surface area contributed by atoms with Crippen LogP contribution in [-0.2, 0) is 11.2 Å². The molecule has 1 aliphatic heterocycles. The summed E-state index contributed by atoms with van der Waals surface area (Å²) in [5.41, 5.74) is 3.18. The number of benzene rings is 1. The van der Waals surface area contributed by atoms with Crippen LogP contribution in [0.25, 0.3) is 11.3 Å². The average molecular weight is 288 g/mol. The van der Waals surface area contributed by atoms with E-state index in [1.54, 1.807) is 6.92 Å². The molecule has 0 bridgehead atoms. The Bertz CT molecular complexity index is 651. The zero-order chi connectivity index (χ0) is 14.1. The van der Waals surface area contributed by atoms with Crippen molar-refractivity contribution in [2.75, 3.05) is 25.1 Å². The fourth-order valence-electron chi connectivity index (χ4n) is 2.41. The molecule has 0 unspecified atom stereocenters. The minimum absolute atomic E-state index is 0.323. The Morgan fingerprint density at radius 1 is 1.45 bits per heavy atom. The van der Waals surface area contributed by atoms with Gasteiger partial charge in [0.05, 0.1) is 12.3 Å². The number of para-hydroxylation sites is 1. The molecule has 3 rings (SSSR count). The van der Waals surface area contributed by atoms with Gasteiger partial charge in [0, 0.05) is 36.1 Å². The second-order valence-corrected chi connectivity index (χ2v) is 5.78. The molecule has 0 fully saturated rings. The number of carbonyl (C=O) groups excluding carboxylic acids is 1. The Morgan fingerprint density at radius 2 is 2.25 bits per heavy atom. The van der Waals surface area contributed by atoms with Gasteiger partial charge in [-0.25, -0.2) is 9.78 Å². The van der Waals surface area contributed by atoms with Gasteiger partial charge in [-0.15, -0.1) is 11.3 Å². The molecule has 1 aliphatic rings. The number of hydrogen-bond acceptors (Lipinski definition) is 5. The van der Waals surface area contributed by atoms with Crippen molar-refractivity contribution >= 4 is 23.0 Å². The third-order valence-corrected chi connectivity index (χ3v) is 4.49. The number of thiazole rings is 1. The van der Waals surface area contributed by atoms with E-state index in [1.807, 2.05) is 12.1 Å². The first-order valence-electron chi connectivity index (χ1n) is 6.68. The number of hydrogen-bond donors (Lipinski definition) is 0. The number of esters is 1. The van der Waals surface area contributed by atoms with Crippen LogP contribution in [0.1, 0.15) is 21.6 Å². The monoisotopic (exact) mass is 288 g/mol. The van der Waals surface area contributed by atoms with Crippen molar-refractivity contribution in [2.45, 2.75) is 13.3 Å². The van der Waals surface area contributed by atoms with Crippen molar-refractivity contribution < 1.29 is 9.53 Å². The largest absolute Gasteiger partial charge is 0.461 e. The summed E-state index contributed by atoms with van der Waals surface area (Å²) in [5.74, 6) is -0.323. The van der Waals surface area contributed by atoms with Crippen LogP contribution in [-0.4, -0.2) is 31.2 Å². The Balaban J connectivity index is 2.09. The third kappa shape index (κ3) is 2.18. The summed E-state index contributed by atoms with van der Waals surface area (Å²) >= 11 is 1.45. The molecule has 0 spiro atoms. The molecule has 2 aromatic rings. The van der Waals surface area contributed by atoms with E-state index < -0.39 is 0 Å². The lowest BCUT2D eigenvalue weighted by Crippen LogP contribution is -2.18. The van der Waals surface area contributed by atoms with Gasteiger partial charge in [-0.3, -0.25) is 0 Å². The predicted molar refractivity (Wildman–Crippen MR) is 80.5 cm³/mol. The lowest BCUT2D eigenvalue weighted by atomic mass is 10.1. The maximum Gasteiger partial charge on any atom is 0.367 e. The van der Waals surface area contributed by atoms with Crippen LogP contribution in [0.4, 0.5) is 5.69 Å². The van der Waals surface area contributed by atoms with Gasteiger partial charge >= 0.3 is 5.97 Å². The fourth-order valence-corrected chi connectivity index (χ4v) is 3.37. The molecule has 0 amide bonds. The van der Waals surface area contributed by atoms with Gasteiger partial charge < -0.3 is 9.64 Å². The van der Waals surface area contributed by atoms with E-state index in [4.69, 9.17) is 4.74 Å². The van der Waals surface area contributed by atoms with E-state index in [9.17, 15) is 4.79 Å². The number of carbonyl (C=O) groups is 1. The lowest BCUT2D eigenvalue weighted by molar-refractivity contribution is 0.0526. The van der Waals surface area contributed by atoms with Crippen molar-refractivity contribution in [1.82, 2.24) is 4.98 Å². The van der Waals surface area contributed by atoms with Crippen LogP contribution < -0.4 is 4.90 Å². The van der Waals surface area contributed by atoms with Crippen molar-refractivity contribution in [3.05, 3.63) is 34.2 Å². The van der Waals surface area contributed by atoms with Gasteiger partial charge in [0.25, 0.3) is 0 Å². The fraction of sp³-hybridized carbons (Fsp3) is 0.333. The van der Waals surface area contributed by atoms with Crippen LogP contribution in [0.3, 0.4) is 0 Å². The summed E-state index contributed by atoms with van der Waals surface area (Å²) in [5, 5.41) is 0.455. The van der Waals surface area contributed by atoms with Gasteiger partial charge in [0.1, 0.15) is 0 Å². The molecule has 0 N–H and O–H groups in total. The summed E-state index contributed by atoms with van der Waals surface area (Å²) in [6.45, 7) is 3.11. The number of rotatable bonds is 2. The number of anilines is 1. The molecule has 1 aromatic carbocycles. The molecule has 0 saturated carbocycles. The van der Waals surface area contributed by atoms with Gasteiger partial charge in [-0.2, -0.15) is 0 Å². The summed E-state index contributed by atoms with van der Waals surface area (Å²) < 4.78 is 5.04. The molecule has 104 valence electrons. The zero-order valence-electron chi connectivity index (χ0n) is 11.5. The maximum absolute atomic E-state index is 11.8. The molecule has 4 nitrogen and oxygen atoms in total. The Labute approximate surface area is 122 Å². The molecule has 0 aliphatic carbocycles. The number of aromatic nitrogens is 1. The van der Waals surface area contributed by atoms with Gasteiger partial charge in [0.15, 0.2) is 0 Å². The minimum Gasteiger partial charge on any atom is -0.461 e. The van der Waals surface area contributed by atoms with E-state index >= 15 is 0 Å². The Hall–Kier alpha value is -1.88. The first-order valence-corrected chi connectivity index (χ1v) is 7.49. The lowest BCUT2D eigenvalue weighted by Gasteiger charge is -2.18. The van der Waals surface area contributed by atoms with Crippen molar-refractivity contribution in [3.8, 4) is 11.3 Å².